The molecule has 0 aliphatic heterocycles. The van der Waals surface area contributed by atoms with E-state index in [0.717, 1.165) is 0 Å². The second kappa shape index (κ2) is 9.66. The number of nitrogens with one attached hydrogen (secondary N) is 1. The van der Waals surface area contributed by atoms with Crippen molar-refractivity contribution in [3.05, 3.63) is 90.8 Å². The number of amides is 1. The normalized spacial score (nSPS) is 13.9. The Bertz CT molecular complexity index is 1330. The van der Waals surface area contributed by atoms with Crippen LogP contribution in [0.1, 0.15) is 50.6 Å². The van der Waals surface area contributed by atoms with Crippen molar-refractivity contribution in [2.75, 3.05) is 0 Å². The fourth-order valence-corrected chi connectivity index (χ4v) is 4.04. The summed E-state index contributed by atoms with van der Waals surface area (Å²) in [5.41, 5.74) is 4.31. The summed E-state index contributed by atoms with van der Waals surface area (Å²) >= 11 is 12.0. The van der Waals surface area contributed by atoms with E-state index in [0.29, 0.717) is 46.9 Å². The summed E-state index contributed by atoms with van der Waals surface area (Å²) in [6, 6.07) is 9.68. The summed E-state index contributed by atoms with van der Waals surface area (Å²) in [6.07, 6.45) is 1.87. The van der Waals surface area contributed by atoms with Gasteiger partial charge in [-0.1, -0.05) is 23.2 Å². The van der Waals surface area contributed by atoms with Crippen LogP contribution in [0.5, 0.6) is 5.75 Å². The molecular weight excluding hydrogens is 485 g/mol. The SMILES string of the molecule is Cc1c(C(=O)Oc2ccc(Cl)cc2Cl)oc2c1/C(=N/NC(=O)c1ccc([N+](=O)[O-])cc1)CCC2. The van der Waals surface area contributed by atoms with Crippen LogP contribution in [0.2, 0.25) is 10.0 Å². The van der Waals surface area contributed by atoms with Crippen LogP contribution in [0.15, 0.2) is 52.0 Å². The highest BCUT2D eigenvalue weighted by Crippen LogP contribution is 2.32. The highest BCUT2D eigenvalue weighted by Gasteiger charge is 2.29. The van der Waals surface area contributed by atoms with Gasteiger partial charge in [0.2, 0.25) is 5.76 Å². The lowest BCUT2D eigenvalue weighted by Gasteiger charge is -2.13. The van der Waals surface area contributed by atoms with E-state index in [-0.39, 0.29) is 27.8 Å². The average molecular weight is 502 g/mol. The fraction of sp³-hybridized carbons (Fsp3) is 0.174. The molecule has 0 saturated heterocycles. The maximum Gasteiger partial charge on any atom is 0.379 e. The standard InChI is InChI=1S/C23H17Cl2N3O6/c1-12-20-17(26-27-22(29)13-5-8-15(9-6-13)28(31)32)3-2-4-19(20)33-21(12)23(30)34-18-10-7-14(24)11-16(18)25/h5-11H,2-4H2,1H3,(H,27,29)/b26-17+. The Morgan fingerprint density at radius 3 is 2.56 bits per heavy atom. The fourth-order valence-electron chi connectivity index (χ4n) is 3.60. The van der Waals surface area contributed by atoms with E-state index in [1.807, 2.05) is 0 Å². The first-order valence-electron chi connectivity index (χ1n) is 10.2. The van der Waals surface area contributed by atoms with E-state index in [2.05, 4.69) is 10.5 Å². The predicted molar refractivity (Wildman–Crippen MR) is 125 cm³/mol. The molecule has 11 heteroatoms. The van der Waals surface area contributed by atoms with Gasteiger partial charge in [0, 0.05) is 40.3 Å². The van der Waals surface area contributed by atoms with Crippen molar-refractivity contribution < 1.29 is 23.7 Å². The number of ether oxygens (including phenoxy) is 1. The molecule has 1 aliphatic rings. The summed E-state index contributed by atoms with van der Waals surface area (Å²) < 4.78 is 11.2. The lowest BCUT2D eigenvalue weighted by atomic mass is 9.93. The van der Waals surface area contributed by atoms with Crippen LogP contribution in [-0.4, -0.2) is 22.5 Å². The number of carbonyl (C=O) groups excluding carboxylic acids is 2. The predicted octanol–water partition coefficient (Wildman–Crippen LogP) is 5.49. The molecule has 0 saturated carbocycles. The number of benzene rings is 2. The Morgan fingerprint density at radius 1 is 1.15 bits per heavy atom. The Kier molecular flexibility index (Phi) is 6.67. The van der Waals surface area contributed by atoms with Gasteiger partial charge in [-0.05, 0) is 50.1 Å². The third-order valence-electron chi connectivity index (χ3n) is 5.24. The Morgan fingerprint density at radius 2 is 1.88 bits per heavy atom. The number of hydrazone groups is 1. The molecule has 4 rings (SSSR count). The molecular formula is C23H17Cl2N3O6. The van der Waals surface area contributed by atoms with E-state index >= 15 is 0 Å². The molecule has 1 heterocycles. The highest BCUT2D eigenvalue weighted by atomic mass is 35.5. The van der Waals surface area contributed by atoms with Gasteiger partial charge < -0.3 is 9.15 Å². The number of furan rings is 1. The number of fused-ring (bicyclic) bond motifs is 1. The van der Waals surface area contributed by atoms with E-state index in [9.17, 15) is 19.7 Å². The third-order valence-corrected chi connectivity index (χ3v) is 5.77. The van der Waals surface area contributed by atoms with Crippen molar-refractivity contribution in [2.45, 2.75) is 26.2 Å². The zero-order valence-corrected chi connectivity index (χ0v) is 19.3. The largest absolute Gasteiger partial charge is 0.453 e. The maximum absolute atomic E-state index is 12.8. The number of esters is 1. The number of nitro groups is 1. The van der Waals surface area contributed by atoms with Crippen LogP contribution in [0.4, 0.5) is 5.69 Å². The van der Waals surface area contributed by atoms with Gasteiger partial charge in [-0.2, -0.15) is 5.10 Å². The van der Waals surface area contributed by atoms with Gasteiger partial charge in [0.1, 0.15) is 11.5 Å². The number of rotatable bonds is 5. The smallest absolute Gasteiger partial charge is 0.379 e. The average Bonchev–Trinajstić information content (AvgIpc) is 3.16. The quantitative estimate of drug-likeness (QED) is 0.213. The van der Waals surface area contributed by atoms with Gasteiger partial charge in [-0.25, -0.2) is 10.2 Å². The van der Waals surface area contributed by atoms with Crippen LogP contribution in [0.3, 0.4) is 0 Å². The molecule has 0 spiro atoms. The van der Waals surface area contributed by atoms with Crippen molar-refractivity contribution in [3.8, 4) is 5.75 Å². The van der Waals surface area contributed by atoms with Crippen LogP contribution in [0.25, 0.3) is 0 Å². The second-order valence-electron chi connectivity index (χ2n) is 7.48. The summed E-state index contributed by atoms with van der Waals surface area (Å²) in [7, 11) is 0. The van der Waals surface area contributed by atoms with Crippen LogP contribution in [0, 0.1) is 17.0 Å². The van der Waals surface area contributed by atoms with Crippen molar-refractivity contribution in [1.29, 1.82) is 0 Å². The number of nitrogens with zero attached hydrogens (tertiary/aromatic N) is 2. The molecule has 1 N–H and O–H groups in total. The van der Waals surface area contributed by atoms with Gasteiger partial charge in [-0.3, -0.25) is 14.9 Å². The molecule has 0 bridgehead atoms. The summed E-state index contributed by atoms with van der Waals surface area (Å²) in [5, 5.41) is 15.6. The van der Waals surface area contributed by atoms with Crippen molar-refractivity contribution >= 4 is 46.5 Å². The molecule has 34 heavy (non-hydrogen) atoms. The molecule has 9 nitrogen and oxygen atoms in total. The minimum absolute atomic E-state index is 0.0207. The number of non-ortho nitro benzene ring substituents is 1. The van der Waals surface area contributed by atoms with Gasteiger partial charge in [0.15, 0.2) is 0 Å². The van der Waals surface area contributed by atoms with E-state index in [1.54, 1.807) is 13.0 Å². The van der Waals surface area contributed by atoms with E-state index in [4.69, 9.17) is 32.4 Å². The number of aryl methyl sites for hydroxylation is 1. The Labute approximate surface area is 203 Å². The number of hydrogen-bond donors (Lipinski definition) is 1. The van der Waals surface area contributed by atoms with Crippen molar-refractivity contribution in [2.24, 2.45) is 5.10 Å². The van der Waals surface area contributed by atoms with Crippen LogP contribution < -0.4 is 10.2 Å². The molecule has 2 aromatic carbocycles. The molecule has 1 aromatic heterocycles. The molecule has 0 unspecified atom stereocenters. The molecule has 0 radical (unpaired) electrons. The monoisotopic (exact) mass is 501 g/mol. The van der Waals surface area contributed by atoms with Crippen molar-refractivity contribution in [3.63, 3.8) is 0 Å². The molecule has 174 valence electrons. The first-order chi connectivity index (χ1) is 16.2. The number of carbonyl (C=O) groups is 2. The van der Waals surface area contributed by atoms with Gasteiger partial charge in [0.05, 0.1) is 15.7 Å². The lowest BCUT2D eigenvalue weighted by Crippen LogP contribution is -2.22. The molecule has 0 fully saturated rings. The van der Waals surface area contributed by atoms with Crippen molar-refractivity contribution in [1.82, 2.24) is 5.43 Å². The summed E-state index contributed by atoms with van der Waals surface area (Å²) in [4.78, 5) is 35.4. The first kappa shape index (κ1) is 23.5. The minimum Gasteiger partial charge on any atom is -0.453 e. The number of nitro benzene ring substituents is 1. The molecule has 0 atom stereocenters. The minimum atomic E-state index is -0.717. The molecule has 1 aliphatic carbocycles. The second-order valence-corrected chi connectivity index (χ2v) is 8.32. The Hall–Kier alpha value is -3.69. The zero-order chi connectivity index (χ0) is 24.4. The summed E-state index contributed by atoms with van der Waals surface area (Å²) in [5.74, 6) is -0.499. The first-order valence-corrected chi connectivity index (χ1v) is 10.9. The molecule has 1 amide bonds. The summed E-state index contributed by atoms with van der Waals surface area (Å²) in [6.45, 7) is 1.71. The highest BCUT2D eigenvalue weighted by molar-refractivity contribution is 6.35. The Balaban J connectivity index is 1.54. The van der Waals surface area contributed by atoms with Crippen LogP contribution in [-0.2, 0) is 6.42 Å². The lowest BCUT2D eigenvalue weighted by molar-refractivity contribution is -0.384. The number of hydrogen-bond acceptors (Lipinski definition) is 7. The van der Waals surface area contributed by atoms with Gasteiger partial charge in [0.25, 0.3) is 11.6 Å². The number of halogens is 2. The van der Waals surface area contributed by atoms with Crippen LogP contribution >= 0.6 is 23.2 Å². The topological polar surface area (TPSA) is 124 Å². The third kappa shape index (κ3) is 4.80. The van der Waals surface area contributed by atoms with E-state index in [1.165, 1.54) is 36.4 Å². The zero-order valence-electron chi connectivity index (χ0n) is 17.8. The van der Waals surface area contributed by atoms with Gasteiger partial charge >= 0.3 is 5.97 Å². The molecule has 3 aromatic rings. The van der Waals surface area contributed by atoms with E-state index < -0.39 is 16.8 Å². The maximum atomic E-state index is 12.8. The van der Waals surface area contributed by atoms with Gasteiger partial charge in [-0.15, -0.1) is 0 Å².